The summed E-state index contributed by atoms with van der Waals surface area (Å²) >= 11 is 5.88. The van der Waals surface area contributed by atoms with E-state index in [1.807, 2.05) is 6.92 Å². The van der Waals surface area contributed by atoms with Gasteiger partial charge in [-0.2, -0.15) is 0 Å². The van der Waals surface area contributed by atoms with Crippen LogP contribution in [0, 0.1) is 12.8 Å². The van der Waals surface area contributed by atoms with Crippen LogP contribution in [0.3, 0.4) is 0 Å². The molecule has 0 radical (unpaired) electrons. The number of aryl methyl sites for hydroxylation is 1. The number of aliphatic hydroxyl groups is 1. The van der Waals surface area contributed by atoms with Crippen LogP contribution in [0.15, 0.2) is 18.2 Å². The van der Waals surface area contributed by atoms with Crippen molar-refractivity contribution in [3.8, 4) is 5.75 Å². The predicted octanol–water partition coefficient (Wildman–Crippen LogP) is 2.30. The molecule has 0 saturated heterocycles. The third-order valence-electron chi connectivity index (χ3n) is 3.59. The average molecular weight is 298 g/mol. The van der Waals surface area contributed by atoms with Crippen LogP contribution in [0.1, 0.15) is 25.3 Å². The van der Waals surface area contributed by atoms with E-state index >= 15 is 0 Å². The molecular weight excluding hydrogens is 278 g/mol. The summed E-state index contributed by atoms with van der Waals surface area (Å²) in [6.07, 6.45) is 0.791. The van der Waals surface area contributed by atoms with Gasteiger partial charge in [0, 0.05) is 11.6 Å². The van der Waals surface area contributed by atoms with Crippen molar-refractivity contribution in [2.45, 2.75) is 38.9 Å². The number of amides is 1. The zero-order chi connectivity index (χ0) is 14.7. The summed E-state index contributed by atoms with van der Waals surface area (Å²) in [5, 5.41) is 12.7. The van der Waals surface area contributed by atoms with Gasteiger partial charge in [-0.25, -0.2) is 0 Å². The lowest BCUT2D eigenvalue weighted by molar-refractivity contribution is -0.127. The Morgan fingerprint density at radius 3 is 2.85 bits per heavy atom. The van der Waals surface area contributed by atoms with E-state index in [1.165, 1.54) is 0 Å². The van der Waals surface area contributed by atoms with Gasteiger partial charge in [0.25, 0.3) is 5.91 Å². The highest BCUT2D eigenvalue weighted by Crippen LogP contribution is 2.26. The van der Waals surface area contributed by atoms with Gasteiger partial charge in [-0.3, -0.25) is 4.79 Å². The number of carbonyl (C=O) groups is 1. The van der Waals surface area contributed by atoms with Crippen molar-refractivity contribution in [2.24, 2.45) is 5.92 Å². The van der Waals surface area contributed by atoms with E-state index in [0.717, 1.165) is 18.4 Å². The van der Waals surface area contributed by atoms with Gasteiger partial charge >= 0.3 is 0 Å². The second-order valence-electron chi connectivity index (χ2n) is 5.41. The van der Waals surface area contributed by atoms with Crippen LogP contribution in [0.5, 0.6) is 5.75 Å². The van der Waals surface area contributed by atoms with Crippen LogP contribution in [0.25, 0.3) is 0 Å². The fourth-order valence-electron chi connectivity index (χ4n) is 2.24. The monoisotopic (exact) mass is 297 g/mol. The van der Waals surface area contributed by atoms with Crippen LogP contribution in [-0.2, 0) is 4.79 Å². The number of nitrogens with one attached hydrogen (secondary N) is 1. The summed E-state index contributed by atoms with van der Waals surface area (Å²) in [5.41, 5.74) is 0.902. The molecule has 1 fully saturated rings. The summed E-state index contributed by atoms with van der Waals surface area (Å²) in [6, 6.07) is 5.31. The van der Waals surface area contributed by atoms with Crippen molar-refractivity contribution >= 4 is 17.5 Å². The molecule has 1 saturated carbocycles. The van der Waals surface area contributed by atoms with E-state index in [0.29, 0.717) is 23.2 Å². The molecule has 1 aromatic carbocycles. The maximum Gasteiger partial charge on any atom is 0.260 e. The topological polar surface area (TPSA) is 58.6 Å². The molecule has 0 aromatic heterocycles. The first-order valence-electron chi connectivity index (χ1n) is 6.84. The normalized spacial score (nSPS) is 22.8. The van der Waals surface area contributed by atoms with Crippen LogP contribution >= 0.6 is 11.6 Å². The molecule has 4 nitrogen and oxygen atoms in total. The number of benzene rings is 1. The molecule has 0 heterocycles. The van der Waals surface area contributed by atoms with Crippen molar-refractivity contribution in [1.82, 2.24) is 5.32 Å². The molecular formula is C15H20ClNO3. The first-order valence-corrected chi connectivity index (χ1v) is 7.22. The van der Waals surface area contributed by atoms with E-state index < -0.39 is 6.10 Å². The first-order chi connectivity index (χ1) is 9.45. The standard InChI is InChI=1S/C15H20ClNO3/c1-9-5-12(16)3-4-14(9)20-10(2)15(19)17-8-11-6-13(18)7-11/h3-5,10-11,13,18H,6-8H2,1-2H3,(H,17,19). The molecule has 0 spiro atoms. The van der Waals surface area contributed by atoms with E-state index in [1.54, 1.807) is 25.1 Å². The number of ether oxygens (including phenoxy) is 1. The van der Waals surface area contributed by atoms with E-state index in [4.69, 9.17) is 16.3 Å². The van der Waals surface area contributed by atoms with Gasteiger partial charge in [-0.15, -0.1) is 0 Å². The average Bonchev–Trinajstić information content (AvgIpc) is 2.36. The number of halogens is 1. The van der Waals surface area contributed by atoms with Crippen molar-refractivity contribution in [1.29, 1.82) is 0 Å². The summed E-state index contributed by atoms with van der Waals surface area (Å²) in [7, 11) is 0. The zero-order valence-electron chi connectivity index (χ0n) is 11.7. The maximum absolute atomic E-state index is 11.9. The SMILES string of the molecule is Cc1cc(Cl)ccc1OC(C)C(=O)NCC1CC(O)C1. The third kappa shape index (κ3) is 3.87. The number of hydrogen-bond donors (Lipinski definition) is 2. The second kappa shape index (κ2) is 6.46. The molecule has 0 aliphatic heterocycles. The molecule has 1 unspecified atom stereocenters. The van der Waals surface area contributed by atoms with E-state index in [9.17, 15) is 9.90 Å². The Kier molecular flexibility index (Phi) is 4.89. The smallest absolute Gasteiger partial charge is 0.260 e. The van der Waals surface area contributed by atoms with Crippen LogP contribution < -0.4 is 10.1 Å². The number of hydrogen-bond acceptors (Lipinski definition) is 3. The van der Waals surface area contributed by atoms with Gasteiger partial charge < -0.3 is 15.2 Å². The minimum Gasteiger partial charge on any atom is -0.481 e. The Labute approximate surface area is 124 Å². The molecule has 1 amide bonds. The highest BCUT2D eigenvalue weighted by Gasteiger charge is 2.28. The molecule has 20 heavy (non-hydrogen) atoms. The van der Waals surface area contributed by atoms with Crippen molar-refractivity contribution < 1.29 is 14.6 Å². The van der Waals surface area contributed by atoms with Crippen molar-refractivity contribution in [3.05, 3.63) is 28.8 Å². The Bertz CT molecular complexity index is 486. The van der Waals surface area contributed by atoms with Gasteiger partial charge in [-0.05, 0) is 56.4 Å². The molecule has 1 atom stereocenters. The fraction of sp³-hybridized carbons (Fsp3) is 0.533. The molecule has 0 bridgehead atoms. The van der Waals surface area contributed by atoms with E-state index in [-0.39, 0.29) is 12.0 Å². The Morgan fingerprint density at radius 1 is 1.55 bits per heavy atom. The van der Waals surface area contributed by atoms with Crippen LogP contribution in [0.2, 0.25) is 5.02 Å². The summed E-state index contributed by atoms with van der Waals surface area (Å²) in [4.78, 5) is 11.9. The zero-order valence-corrected chi connectivity index (χ0v) is 12.5. The second-order valence-corrected chi connectivity index (χ2v) is 5.84. The lowest BCUT2D eigenvalue weighted by atomic mass is 9.82. The molecule has 2 rings (SSSR count). The van der Waals surface area contributed by atoms with Gasteiger partial charge in [0.05, 0.1) is 6.10 Å². The lowest BCUT2D eigenvalue weighted by Gasteiger charge is -2.31. The summed E-state index contributed by atoms with van der Waals surface area (Å²) in [5.74, 6) is 0.912. The Balaban J connectivity index is 1.81. The van der Waals surface area contributed by atoms with Crippen molar-refractivity contribution in [3.63, 3.8) is 0 Å². The van der Waals surface area contributed by atoms with Gasteiger partial charge in [0.1, 0.15) is 5.75 Å². The lowest BCUT2D eigenvalue weighted by Crippen LogP contribution is -2.42. The fourth-order valence-corrected chi connectivity index (χ4v) is 2.47. The van der Waals surface area contributed by atoms with Crippen molar-refractivity contribution in [2.75, 3.05) is 6.54 Å². The number of aliphatic hydroxyl groups excluding tert-OH is 1. The highest BCUT2D eigenvalue weighted by molar-refractivity contribution is 6.30. The minimum atomic E-state index is -0.556. The molecule has 1 aromatic rings. The van der Waals surface area contributed by atoms with Crippen LogP contribution in [0.4, 0.5) is 0 Å². The van der Waals surface area contributed by atoms with Gasteiger partial charge in [0.2, 0.25) is 0 Å². The molecule has 110 valence electrons. The quantitative estimate of drug-likeness (QED) is 0.877. The largest absolute Gasteiger partial charge is 0.481 e. The maximum atomic E-state index is 11.9. The minimum absolute atomic E-state index is 0.138. The summed E-state index contributed by atoms with van der Waals surface area (Å²) < 4.78 is 5.65. The molecule has 2 N–H and O–H groups in total. The van der Waals surface area contributed by atoms with E-state index in [2.05, 4.69) is 5.32 Å². The molecule has 5 heteroatoms. The number of rotatable bonds is 5. The highest BCUT2D eigenvalue weighted by atomic mass is 35.5. The Hall–Kier alpha value is -1.26. The molecule has 1 aliphatic carbocycles. The molecule has 1 aliphatic rings. The van der Waals surface area contributed by atoms with Gasteiger partial charge in [-0.1, -0.05) is 11.6 Å². The van der Waals surface area contributed by atoms with Crippen LogP contribution in [-0.4, -0.2) is 29.8 Å². The third-order valence-corrected chi connectivity index (χ3v) is 3.82. The number of carbonyl (C=O) groups excluding carboxylic acids is 1. The Morgan fingerprint density at radius 2 is 2.25 bits per heavy atom. The summed E-state index contributed by atoms with van der Waals surface area (Å²) in [6.45, 7) is 4.21. The van der Waals surface area contributed by atoms with Gasteiger partial charge in [0.15, 0.2) is 6.10 Å². The first kappa shape index (κ1) is 15.1. The predicted molar refractivity (Wildman–Crippen MR) is 78.0 cm³/mol.